The van der Waals surface area contributed by atoms with Crippen molar-refractivity contribution in [1.29, 1.82) is 0 Å². The SMILES string of the molecule is CN(CC(O)CO)C(=O)C1CC2C=CC1C2. The lowest BCUT2D eigenvalue weighted by Crippen LogP contribution is -2.40. The number of allylic oxidation sites excluding steroid dienone is 2. The second kappa shape index (κ2) is 4.55. The molecule has 4 heteroatoms. The van der Waals surface area contributed by atoms with E-state index in [1.807, 2.05) is 0 Å². The van der Waals surface area contributed by atoms with Gasteiger partial charge in [-0.05, 0) is 24.7 Å². The second-order valence-electron chi connectivity index (χ2n) is 4.94. The van der Waals surface area contributed by atoms with Crippen LogP contribution in [0.3, 0.4) is 0 Å². The van der Waals surface area contributed by atoms with Crippen LogP contribution in [0.2, 0.25) is 0 Å². The summed E-state index contributed by atoms with van der Waals surface area (Å²) in [5.41, 5.74) is 0. The van der Waals surface area contributed by atoms with Crippen LogP contribution in [0.1, 0.15) is 12.8 Å². The molecule has 0 radical (unpaired) electrons. The third-order valence-corrected chi connectivity index (χ3v) is 3.67. The first-order valence-corrected chi connectivity index (χ1v) is 5.84. The maximum atomic E-state index is 12.1. The Hall–Kier alpha value is -0.870. The minimum absolute atomic E-state index is 0.0888. The van der Waals surface area contributed by atoms with Crippen LogP contribution in [0, 0.1) is 17.8 Å². The third kappa shape index (κ3) is 2.13. The van der Waals surface area contributed by atoms with Crippen LogP contribution in [0.5, 0.6) is 0 Å². The zero-order valence-corrected chi connectivity index (χ0v) is 9.54. The average Bonchev–Trinajstić information content (AvgIpc) is 2.89. The Kier molecular flexibility index (Phi) is 3.30. The Bertz CT molecular complexity index is 303. The number of nitrogens with zero attached hydrogens (tertiary/aromatic N) is 1. The molecule has 0 aromatic heterocycles. The van der Waals surface area contributed by atoms with Crippen molar-refractivity contribution in [1.82, 2.24) is 4.90 Å². The van der Waals surface area contributed by atoms with Crippen molar-refractivity contribution in [3.8, 4) is 0 Å². The highest BCUT2D eigenvalue weighted by atomic mass is 16.3. The molecule has 0 aliphatic heterocycles. The number of fused-ring (bicyclic) bond motifs is 2. The maximum Gasteiger partial charge on any atom is 0.226 e. The van der Waals surface area contributed by atoms with Gasteiger partial charge in [-0.25, -0.2) is 0 Å². The van der Waals surface area contributed by atoms with Crippen LogP contribution in [-0.4, -0.2) is 47.3 Å². The zero-order chi connectivity index (χ0) is 11.7. The first-order valence-electron chi connectivity index (χ1n) is 5.84. The fourth-order valence-corrected chi connectivity index (χ4v) is 2.81. The molecule has 2 rings (SSSR count). The first-order chi connectivity index (χ1) is 7.61. The first kappa shape index (κ1) is 11.6. The maximum absolute atomic E-state index is 12.1. The van der Waals surface area contributed by atoms with Gasteiger partial charge >= 0.3 is 0 Å². The monoisotopic (exact) mass is 225 g/mol. The smallest absolute Gasteiger partial charge is 0.226 e. The summed E-state index contributed by atoms with van der Waals surface area (Å²) in [6, 6.07) is 0. The number of carbonyl (C=O) groups is 1. The second-order valence-corrected chi connectivity index (χ2v) is 4.94. The average molecular weight is 225 g/mol. The predicted octanol–water partition coefficient (Wildman–Crippen LogP) is 0.0102. The highest BCUT2D eigenvalue weighted by Gasteiger charge is 2.40. The molecular formula is C12H19NO3. The highest BCUT2D eigenvalue weighted by molar-refractivity contribution is 5.80. The van der Waals surface area contributed by atoms with Gasteiger partial charge in [0, 0.05) is 19.5 Å². The molecule has 2 aliphatic rings. The minimum atomic E-state index is -0.830. The van der Waals surface area contributed by atoms with Gasteiger partial charge in [-0.2, -0.15) is 0 Å². The van der Waals surface area contributed by atoms with Crippen LogP contribution < -0.4 is 0 Å². The number of likely N-dealkylation sites (N-methyl/N-ethyl adjacent to an activating group) is 1. The van der Waals surface area contributed by atoms with Gasteiger partial charge in [0.15, 0.2) is 0 Å². The number of carbonyl (C=O) groups excluding carboxylic acids is 1. The third-order valence-electron chi connectivity index (χ3n) is 3.67. The van der Waals surface area contributed by atoms with E-state index in [2.05, 4.69) is 12.2 Å². The van der Waals surface area contributed by atoms with Crippen LogP contribution >= 0.6 is 0 Å². The van der Waals surface area contributed by atoms with Gasteiger partial charge in [-0.1, -0.05) is 12.2 Å². The standard InChI is InChI=1S/C12H19NO3/c1-13(6-10(15)7-14)12(16)11-5-8-2-3-9(11)4-8/h2-3,8-11,14-15H,4-7H2,1H3. The van der Waals surface area contributed by atoms with Crippen LogP contribution in [0.15, 0.2) is 12.2 Å². The molecule has 2 bridgehead atoms. The van der Waals surface area contributed by atoms with E-state index in [9.17, 15) is 9.90 Å². The fourth-order valence-electron chi connectivity index (χ4n) is 2.81. The molecule has 2 aliphatic carbocycles. The van der Waals surface area contributed by atoms with E-state index in [1.54, 1.807) is 11.9 Å². The van der Waals surface area contributed by atoms with Gasteiger partial charge in [-0.3, -0.25) is 4.79 Å². The lowest BCUT2D eigenvalue weighted by Gasteiger charge is -2.26. The lowest BCUT2D eigenvalue weighted by atomic mass is 9.92. The van der Waals surface area contributed by atoms with Crippen molar-refractivity contribution in [2.24, 2.45) is 17.8 Å². The molecular weight excluding hydrogens is 206 g/mol. The Morgan fingerprint density at radius 1 is 1.50 bits per heavy atom. The molecule has 1 saturated carbocycles. The van der Waals surface area contributed by atoms with Crippen molar-refractivity contribution in [3.63, 3.8) is 0 Å². The molecule has 1 amide bonds. The summed E-state index contributed by atoms with van der Waals surface area (Å²) in [4.78, 5) is 13.6. The van der Waals surface area contributed by atoms with Gasteiger partial charge in [0.05, 0.1) is 12.7 Å². The quantitative estimate of drug-likeness (QED) is 0.663. The zero-order valence-electron chi connectivity index (χ0n) is 9.54. The molecule has 0 aromatic carbocycles. The molecule has 4 nitrogen and oxygen atoms in total. The van der Waals surface area contributed by atoms with Gasteiger partial charge in [-0.15, -0.1) is 0 Å². The Morgan fingerprint density at radius 3 is 2.75 bits per heavy atom. The summed E-state index contributed by atoms with van der Waals surface area (Å²) < 4.78 is 0. The van der Waals surface area contributed by atoms with Gasteiger partial charge < -0.3 is 15.1 Å². The molecule has 0 aromatic rings. The normalized spacial score (nSPS) is 33.1. The van der Waals surface area contributed by atoms with E-state index in [1.165, 1.54) is 0 Å². The van der Waals surface area contributed by atoms with Gasteiger partial charge in [0.2, 0.25) is 5.91 Å². The van der Waals surface area contributed by atoms with Crippen LogP contribution in [0.25, 0.3) is 0 Å². The van der Waals surface area contributed by atoms with Crippen molar-refractivity contribution in [3.05, 3.63) is 12.2 Å². The number of aliphatic hydroxyl groups excluding tert-OH is 2. The van der Waals surface area contributed by atoms with Crippen LogP contribution in [-0.2, 0) is 4.79 Å². The predicted molar refractivity (Wildman–Crippen MR) is 59.6 cm³/mol. The van der Waals surface area contributed by atoms with Crippen molar-refractivity contribution in [2.45, 2.75) is 18.9 Å². The number of aliphatic hydroxyl groups is 2. The van der Waals surface area contributed by atoms with Crippen LogP contribution in [0.4, 0.5) is 0 Å². The summed E-state index contributed by atoms with van der Waals surface area (Å²) in [5.74, 6) is 1.16. The molecule has 2 N–H and O–H groups in total. The highest BCUT2D eigenvalue weighted by Crippen LogP contribution is 2.43. The van der Waals surface area contributed by atoms with Crippen molar-refractivity contribution < 1.29 is 15.0 Å². The minimum Gasteiger partial charge on any atom is -0.394 e. The van der Waals surface area contributed by atoms with E-state index in [0.29, 0.717) is 11.8 Å². The van der Waals surface area contributed by atoms with Gasteiger partial charge in [0.25, 0.3) is 0 Å². The summed E-state index contributed by atoms with van der Waals surface area (Å²) in [6.07, 6.45) is 5.57. The summed E-state index contributed by atoms with van der Waals surface area (Å²) in [5, 5.41) is 18.0. The van der Waals surface area contributed by atoms with E-state index in [-0.39, 0.29) is 25.0 Å². The molecule has 4 unspecified atom stereocenters. The van der Waals surface area contributed by atoms with Gasteiger partial charge in [0.1, 0.15) is 0 Å². The van der Waals surface area contributed by atoms with E-state index < -0.39 is 6.10 Å². The van der Waals surface area contributed by atoms with E-state index in [4.69, 9.17) is 5.11 Å². The summed E-state index contributed by atoms with van der Waals surface area (Å²) in [7, 11) is 1.69. The number of hydrogen-bond donors (Lipinski definition) is 2. The fraction of sp³-hybridized carbons (Fsp3) is 0.750. The topological polar surface area (TPSA) is 60.8 Å². The molecule has 16 heavy (non-hydrogen) atoms. The van der Waals surface area contributed by atoms with E-state index in [0.717, 1.165) is 12.8 Å². The van der Waals surface area contributed by atoms with E-state index >= 15 is 0 Å². The Labute approximate surface area is 95.6 Å². The van der Waals surface area contributed by atoms with Crippen molar-refractivity contribution in [2.75, 3.05) is 20.2 Å². The lowest BCUT2D eigenvalue weighted by molar-refractivity contribution is -0.136. The Balaban J connectivity index is 1.90. The number of hydrogen-bond acceptors (Lipinski definition) is 3. The molecule has 0 heterocycles. The summed E-state index contributed by atoms with van der Waals surface area (Å²) >= 11 is 0. The molecule has 0 saturated heterocycles. The number of amides is 1. The largest absolute Gasteiger partial charge is 0.394 e. The van der Waals surface area contributed by atoms with Crippen molar-refractivity contribution >= 4 is 5.91 Å². The molecule has 4 atom stereocenters. The molecule has 0 spiro atoms. The number of rotatable bonds is 4. The Morgan fingerprint density at radius 2 is 2.25 bits per heavy atom. The summed E-state index contributed by atoms with van der Waals surface area (Å²) in [6.45, 7) is -0.0822. The molecule has 1 fully saturated rings. The molecule has 90 valence electrons.